The number of rotatable bonds is 5. The molecule has 0 aliphatic carbocycles. The second-order valence-corrected chi connectivity index (χ2v) is 5.50. The predicted octanol–water partition coefficient (Wildman–Crippen LogP) is 0.831. The number of hydrogen-bond donors (Lipinski definition) is 2. The summed E-state index contributed by atoms with van der Waals surface area (Å²) in [4.78, 5) is 14.2. The summed E-state index contributed by atoms with van der Waals surface area (Å²) in [5, 5.41) is 6.42. The summed E-state index contributed by atoms with van der Waals surface area (Å²) in [5.74, 6) is 0.810. The van der Waals surface area contributed by atoms with Crippen LogP contribution in [0.5, 0.6) is 0 Å². The molecule has 4 heteroatoms. The van der Waals surface area contributed by atoms with Crippen molar-refractivity contribution in [3.63, 3.8) is 0 Å². The molecular formula is C13H27N3O. The molecule has 0 bridgehead atoms. The van der Waals surface area contributed by atoms with E-state index < -0.39 is 0 Å². The van der Waals surface area contributed by atoms with E-state index in [2.05, 4.69) is 36.3 Å². The van der Waals surface area contributed by atoms with Gasteiger partial charge in [0.1, 0.15) is 0 Å². The van der Waals surface area contributed by atoms with Gasteiger partial charge in [0.2, 0.25) is 5.91 Å². The molecule has 2 atom stereocenters. The Morgan fingerprint density at radius 1 is 1.47 bits per heavy atom. The maximum atomic E-state index is 12.0. The van der Waals surface area contributed by atoms with Crippen molar-refractivity contribution in [1.82, 2.24) is 15.5 Å². The molecule has 0 radical (unpaired) electrons. The Morgan fingerprint density at radius 2 is 2.18 bits per heavy atom. The molecule has 0 saturated carbocycles. The fourth-order valence-electron chi connectivity index (χ4n) is 2.11. The first-order valence-electron chi connectivity index (χ1n) is 6.76. The standard InChI is InChI=1S/C13H27N3O/c1-10(2)5-6-15-13(17)12(4)16-8-7-14-11(3)9-16/h10-12,14H,5-9H2,1-4H3,(H,15,17)/t11-,12?/m0/s1. The number of nitrogens with one attached hydrogen (secondary N) is 2. The number of amides is 1. The van der Waals surface area contributed by atoms with Gasteiger partial charge in [-0.3, -0.25) is 9.69 Å². The van der Waals surface area contributed by atoms with Crippen LogP contribution in [0.2, 0.25) is 0 Å². The van der Waals surface area contributed by atoms with Gasteiger partial charge < -0.3 is 10.6 Å². The van der Waals surface area contributed by atoms with E-state index in [0.29, 0.717) is 12.0 Å². The van der Waals surface area contributed by atoms with Crippen molar-refractivity contribution < 1.29 is 4.79 Å². The summed E-state index contributed by atoms with van der Waals surface area (Å²) in [6, 6.07) is 0.473. The summed E-state index contributed by atoms with van der Waals surface area (Å²) >= 11 is 0. The monoisotopic (exact) mass is 241 g/mol. The fraction of sp³-hybridized carbons (Fsp3) is 0.923. The molecule has 1 heterocycles. The van der Waals surface area contributed by atoms with Crippen LogP contribution in [0.25, 0.3) is 0 Å². The third kappa shape index (κ3) is 5.04. The topological polar surface area (TPSA) is 44.4 Å². The SMILES string of the molecule is CC(C)CCNC(=O)C(C)N1CCN[C@@H](C)C1. The van der Waals surface area contributed by atoms with E-state index in [1.807, 2.05) is 6.92 Å². The van der Waals surface area contributed by atoms with Gasteiger partial charge in [-0.05, 0) is 26.2 Å². The summed E-state index contributed by atoms with van der Waals surface area (Å²) in [6.07, 6.45) is 1.05. The van der Waals surface area contributed by atoms with E-state index in [4.69, 9.17) is 0 Å². The Morgan fingerprint density at radius 3 is 2.76 bits per heavy atom. The van der Waals surface area contributed by atoms with Gasteiger partial charge in [0, 0.05) is 32.2 Å². The average Bonchev–Trinajstić information content (AvgIpc) is 2.27. The van der Waals surface area contributed by atoms with Crippen LogP contribution in [0.3, 0.4) is 0 Å². The van der Waals surface area contributed by atoms with Crippen LogP contribution in [-0.2, 0) is 4.79 Å². The Labute approximate surface area is 105 Å². The molecule has 1 aliphatic rings. The zero-order chi connectivity index (χ0) is 12.8. The van der Waals surface area contributed by atoms with Gasteiger partial charge in [-0.25, -0.2) is 0 Å². The van der Waals surface area contributed by atoms with Crippen molar-refractivity contribution in [1.29, 1.82) is 0 Å². The third-order valence-electron chi connectivity index (χ3n) is 3.35. The molecule has 0 spiro atoms. The molecule has 1 unspecified atom stereocenters. The molecule has 100 valence electrons. The third-order valence-corrected chi connectivity index (χ3v) is 3.35. The highest BCUT2D eigenvalue weighted by molar-refractivity contribution is 5.81. The molecule has 1 saturated heterocycles. The van der Waals surface area contributed by atoms with E-state index in [9.17, 15) is 4.79 Å². The molecule has 1 aliphatic heterocycles. The molecule has 0 aromatic heterocycles. The Kier molecular flexibility index (Phi) is 5.92. The van der Waals surface area contributed by atoms with Crippen LogP contribution >= 0.6 is 0 Å². The quantitative estimate of drug-likeness (QED) is 0.749. The van der Waals surface area contributed by atoms with Gasteiger partial charge in [-0.1, -0.05) is 13.8 Å². The Hall–Kier alpha value is -0.610. The maximum absolute atomic E-state index is 12.0. The molecule has 17 heavy (non-hydrogen) atoms. The first-order valence-corrected chi connectivity index (χ1v) is 6.76. The minimum Gasteiger partial charge on any atom is -0.355 e. The average molecular weight is 241 g/mol. The van der Waals surface area contributed by atoms with Gasteiger partial charge >= 0.3 is 0 Å². The minimum absolute atomic E-state index is 0.00767. The second kappa shape index (κ2) is 6.97. The van der Waals surface area contributed by atoms with Crippen LogP contribution < -0.4 is 10.6 Å². The van der Waals surface area contributed by atoms with Crippen molar-refractivity contribution >= 4 is 5.91 Å². The summed E-state index contributed by atoms with van der Waals surface area (Å²) in [7, 11) is 0. The van der Waals surface area contributed by atoms with Crippen molar-refractivity contribution in [3.8, 4) is 0 Å². The number of hydrogen-bond acceptors (Lipinski definition) is 3. The number of carbonyl (C=O) groups excluding carboxylic acids is 1. The molecule has 4 nitrogen and oxygen atoms in total. The number of carbonyl (C=O) groups is 1. The Bertz CT molecular complexity index is 243. The highest BCUT2D eigenvalue weighted by atomic mass is 16.2. The van der Waals surface area contributed by atoms with Crippen LogP contribution in [0.15, 0.2) is 0 Å². The van der Waals surface area contributed by atoms with Crippen molar-refractivity contribution in [3.05, 3.63) is 0 Å². The number of piperazine rings is 1. The number of nitrogens with zero attached hydrogens (tertiary/aromatic N) is 1. The van der Waals surface area contributed by atoms with Crippen LogP contribution in [0.4, 0.5) is 0 Å². The van der Waals surface area contributed by atoms with Crippen LogP contribution in [0.1, 0.15) is 34.1 Å². The van der Waals surface area contributed by atoms with Crippen molar-refractivity contribution in [2.75, 3.05) is 26.2 Å². The first kappa shape index (κ1) is 14.5. The van der Waals surface area contributed by atoms with Crippen LogP contribution in [-0.4, -0.2) is 49.1 Å². The fourth-order valence-corrected chi connectivity index (χ4v) is 2.11. The van der Waals surface area contributed by atoms with E-state index in [1.165, 1.54) is 0 Å². The lowest BCUT2D eigenvalue weighted by atomic mass is 10.1. The highest BCUT2D eigenvalue weighted by Crippen LogP contribution is 2.05. The van der Waals surface area contributed by atoms with Crippen molar-refractivity contribution in [2.45, 2.75) is 46.2 Å². The zero-order valence-electron chi connectivity index (χ0n) is 11.6. The van der Waals surface area contributed by atoms with Crippen molar-refractivity contribution in [2.24, 2.45) is 5.92 Å². The van der Waals surface area contributed by atoms with Gasteiger partial charge in [0.05, 0.1) is 6.04 Å². The zero-order valence-corrected chi connectivity index (χ0v) is 11.6. The summed E-state index contributed by atoms with van der Waals surface area (Å²) in [5.41, 5.74) is 0. The van der Waals surface area contributed by atoms with Gasteiger partial charge in [0.25, 0.3) is 0 Å². The molecule has 1 fully saturated rings. The summed E-state index contributed by atoms with van der Waals surface area (Å²) < 4.78 is 0. The van der Waals surface area contributed by atoms with E-state index >= 15 is 0 Å². The predicted molar refractivity (Wildman–Crippen MR) is 71.0 cm³/mol. The normalized spacial score (nSPS) is 23.7. The van der Waals surface area contributed by atoms with E-state index in [0.717, 1.165) is 32.6 Å². The lowest BCUT2D eigenvalue weighted by Crippen LogP contribution is -2.55. The first-order chi connectivity index (χ1) is 8.00. The van der Waals surface area contributed by atoms with E-state index in [1.54, 1.807) is 0 Å². The molecular weight excluding hydrogens is 214 g/mol. The van der Waals surface area contributed by atoms with Crippen LogP contribution in [0, 0.1) is 5.92 Å². The van der Waals surface area contributed by atoms with Gasteiger partial charge in [-0.15, -0.1) is 0 Å². The highest BCUT2D eigenvalue weighted by Gasteiger charge is 2.24. The molecule has 2 N–H and O–H groups in total. The second-order valence-electron chi connectivity index (χ2n) is 5.50. The molecule has 0 aromatic carbocycles. The largest absolute Gasteiger partial charge is 0.355 e. The molecule has 1 amide bonds. The van der Waals surface area contributed by atoms with Gasteiger partial charge in [0.15, 0.2) is 0 Å². The smallest absolute Gasteiger partial charge is 0.237 e. The minimum atomic E-state index is -0.00767. The molecule has 0 aromatic rings. The maximum Gasteiger partial charge on any atom is 0.237 e. The summed E-state index contributed by atoms with van der Waals surface area (Å²) in [6.45, 7) is 12.2. The molecule has 1 rings (SSSR count). The Balaban J connectivity index is 2.30. The lowest BCUT2D eigenvalue weighted by Gasteiger charge is -2.35. The van der Waals surface area contributed by atoms with Gasteiger partial charge in [-0.2, -0.15) is 0 Å². The van der Waals surface area contributed by atoms with E-state index in [-0.39, 0.29) is 11.9 Å². The lowest BCUT2D eigenvalue weighted by molar-refractivity contribution is -0.126.